The van der Waals surface area contributed by atoms with E-state index in [4.69, 9.17) is 21.1 Å². The van der Waals surface area contributed by atoms with Gasteiger partial charge in [-0.2, -0.15) is 0 Å². The maximum Gasteiger partial charge on any atom is 0.149 e. The van der Waals surface area contributed by atoms with Gasteiger partial charge in [0, 0.05) is 17.8 Å². The minimum absolute atomic E-state index is 0.558. The van der Waals surface area contributed by atoms with Gasteiger partial charge in [-0.15, -0.1) is 0 Å². The van der Waals surface area contributed by atoms with Crippen LogP contribution in [-0.2, 0) is 0 Å². The second kappa shape index (κ2) is 6.07. The van der Waals surface area contributed by atoms with Crippen LogP contribution in [0.4, 0.5) is 11.5 Å². The Morgan fingerprint density at radius 3 is 2.64 bits per heavy atom. The molecule has 1 heterocycles. The van der Waals surface area contributed by atoms with Crippen LogP contribution < -0.4 is 14.8 Å². The molecule has 0 saturated carbocycles. The van der Waals surface area contributed by atoms with Gasteiger partial charge in [-0.1, -0.05) is 11.6 Å². The number of hydrogen-bond acceptors (Lipinski definition) is 5. The molecule has 0 radical (unpaired) electrons. The van der Waals surface area contributed by atoms with Crippen LogP contribution in [0.25, 0.3) is 11.0 Å². The Morgan fingerprint density at radius 1 is 1.00 bits per heavy atom. The Bertz CT molecular complexity index is 824. The zero-order valence-electron chi connectivity index (χ0n) is 12.1. The first kappa shape index (κ1) is 14.4. The van der Waals surface area contributed by atoms with Crippen molar-refractivity contribution in [1.29, 1.82) is 0 Å². The van der Waals surface area contributed by atoms with Gasteiger partial charge in [0.2, 0.25) is 0 Å². The Kier molecular flexibility index (Phi) is 3.98. The summed E-state index contributed by atoms with van der Waals surface area (Å²) >= 11 is 6.02. The van der Waals surface area contributed by atoms with E-state index in [2.05, 4.69) is 15.3 Å². The largest absolute Gasteiger partial charge is 0.497 e. The lowest BCUT2D eigenvalue weighted by Crippen LogP contribution is -1.96. The van der Waals surface area contributed by atoms with Crippen LogP contribution in [0, 0.1) is 0 Å². The van der Waals surface area contributed by atoms with Gasteiger partial charge in [0.1, 0.15) is 17.3 Å². The van der Waals surface area contributed by atoms with E-state index >= 15 is 0 Å². The number of ether oxygens (including phenoxy) is 2. The van der Waals surface area contributed by atoms with Gasteiger partial charge in [-0.05, 0) is 24.3 Å². The topological polar surface area (TPSA) is 56.3 Å². The molecule has 1 N–H and O–H groups in total. The van der Waals surface area contributed by atoms with Crippen molar-refractivity contribution in [2.45, 2.75) is 0 Å². The highest BCUT2D eigenvalue weighted by molar-refractivity contribution is 6.32. The van der Waals surface area contributed by atoms with Gasteiger partial charge in [-0.3, -0.25) is 4.98 Å². The molecule has 0 amide bonds. The first-order chi connectivity index (χ1) is 10.7. The molecule has 0 unspecified atom stereocenters. The molecule has 0 aliphatic rings. The normalized spacial score (nSPS) is 10.5. The average molecular weight is 316 g/mol. The van der Waals surface area contributed by atoms with Crippen LogP contribution in [0.15, 0.2) is 42.6 Å². The lowest BCUT2D eigenvalue weighted by atomic mass is 10.2. The van der Waals surface area contributed by atoms with E-state index in [1.165, 1.54) is 0 Å². The molecule has 0 fully saturated rings. The molecule has 0 bridgehead atoms. The van der Waals surface area contributed by atoms with Crippen LogP contribution >= 0.6 is 11.6 Å². The number of anilines is 2. The van der Waals surface area contributed by atoms with E-state index < -0.39 is 0 Å². The summed E-state index contributed by atoms with van der Waals surface area (Å²) in [6, 6.07) is 11.0. The number of benzene rings is 2. The standard InChI is InChI=1S/C16H14ClN3O2/c1-21-11-4-6-13-14(8-11)20-16(9-18-13)19-10-3-5-12(17)15(7-10)22-2/h3-9H,1-2H3,(H,19,20). The lowest BCUT2D eigenvalue weighted by Gasteiger charge is -2.09. The van der Waals surface area contributed by atoms with E-state index in [-0.39, 0.29) is 0 Å². The molecule has 0 atom stereocenters. The van der Waals surface area contributed by atoms with Crippen LogP contribution in [0.2, 0.25) is 5.02 Å². The molecular formula is C16H14ClN3O2. The predicted octanol–water partition coefficient (Wildman–Crippen LogP) is 4.04. The van der Waals surface area contributed by atoms with Gasteiger partial charge in [0.15, 0.2) is 0 Å². The highest BCUT2D eigenvalue weighted by Crippen LogP contribution is 2.29. The molecule has 0 spiro atoms. The van der Waals surface area contributed by atoms with E-state index in [0.29, 0.717) is 16.6 Å². The number of halogens is 1. The molecule has 3 aromatic rings. The fourth-order valence-corrected chi connectivity index (χ4v) is 2.26. The van der Waals surface area contributed by atoms with Gasteiger partial charge in [-0.25, -0.2) is 4.98 Å². The first-order valence-electron chi connectivity index (χ1n) is 6.61. The van der Waals surface area contributed by atoms with Crippen molar-refractivity contribution in [1.82, 2.24) is 9.97 Å². The molecule has 1 aromatic heterocycles. The second-order valence-electron chi connectivity index (χ2n) is 4.58. The number of aromatic nitrogens is 2. The zero-order chi connectivity index (χ0) is 15.5. The molecule has 3 rings (SSSR count). The summed E-state index contributed by atoms with van der Waals surface area (Å²) in [6.45, 7) is 0. The van der Waals surface area contributed by atoms with Crippen LogP contribution in [0.1, 0.15) is 0 Å². The average Bonchev–Trinajstić information content (AvgIpc) is 2.56. The zero-order valence-corrected chi connectivity index (χ0v) is 12.9. The molecule has 6 heteroatoms. The Balaban J connectivity index is 1.93. The minimum Gasteiger partial charge on any atom is -0.497 e. The van der Waals surface area contributed by atoms with Gasteiger partial charge in [0.25, 0.3) is 0 Å². The van der Waals surface area contributed by atoms with Crippen LogP contribution in [0.3, 0.4) is 0 Å². The number of nitrogens with one attached hydrogen (secondary N) is 1. The van der Waals surface area contributed by atoms with Crippen molar-refractivity contribution >= 4 is 34.1 Å². The molecule has 22 heavy (non-hydrogen) atoms. The summed E-state index contributed by atoms with van der Waals surface area (Å²) < 4.78 is 10.4. The molecule has 0 saturated heterocycles. The SMILES string of the molecule is COc1ccc2ncc(Nc3ccc(Cl)c(OC)c3)nc2c1. The van der Waals surface area contributed by atoms with Crippen molar-refractivity contribution in [3.63, 3.8) is 0 Å². The number of hydrogen-bond donors (Lipinski definition) is 1. The van der Waals surface area contributed by atoms with Gasteiger partial charge >= 0.3 is 0 Å². The third-order valence-electron chi connectivity index (χ3n) is 3.17. The Morgan fingerprint density at radius 2 is 1.86 bits per heavy atom. The molecule has 0 aliphatic carbocycles. The fourth-order valence-electron chi connectivity index (χ4n) is 2.06. The summed E-state index contributed by atoms with van der Waals surface area (Å²) in [5.74, 6) is 1.97. The minimum atomic E-state index is 0.558. The van der Waals surface area contributed by atoms with E-state index in [9.17, 15) is 0 Å². The summed E-state index contributed by atoms with van der Waals surface area (Å²) in [5.41, 5.74) is 2.38. The Labute approximate surface area is 132 Å². The van der Waals surface area contributed by atoms with Gasteiger partial charge < -0.3 is 14.8 Å². The molecular weight excluding hydrogens is 302 g/mol. The first-order valence-corrected chi connectivity index (χ1v) is 6.99. The highest BCUT2D eigenvalue weighted by atomic mass is 35.5. The Hall–Kier alpha value is -2.53. The van der Waals surface area contributed by atoms with Crippen LogP contribution in [0.5, 0.6) is 11.5 Å². The lowest BCUT2D eigenvalue weighted by molar-refractivity contribution is 0.415. The van der Waals surface area contributed by atoms with E-state index in [1.807, 2.05) is 24.3 Å². The number of methoxy groups -OCH3 is 2. The monoisotopic (exact) mass is 315 g/mol. The van der Waals surface area contributed by atoms with Crippen molar-refractivity contribution in [3.05, 3.63) is 47.6 Å². The fraction of sp³-hybridized carbons (Fsp3) is 0.125. The third kappa shape index (κ3) is 2.89. The third-order valence-corrected chi connectivity index (χ3v) is 3.49. The number of fused-ring (bicyclic) bond motifs is 1. The highest BCUT2D eigenvalue weighted by Gasteiger charge is 2.05. The quantitative estimate of drug-likeness (QED) is 0.787. The maximum atomic E-state index is 6.02. The van der Waals surface area contributed by atoms with E-state index in [1.54, 1.807) is 32.5 Å². The molecule has 5 nitrogen and oxygen atoms in total. The van der Waals surface area contributed by atoms with Crippen molar-refractivity contribution < 1.29 is 9.47 Å². The predicted molar refractivity (Wildman–Crippen MR) is 87.4 cm³/mol. The van der Waals surface area contributed by atoms with Crippen molar-refractivity contribution in [3.8, 4) is 11.5 Å². The second-order valence-corrected chi connectivity index (χ2v) is 4.99. The van der Waals surface area contributed by atoms with Crippen molar-refractivity contribution in [2.24, 2.45) is 0 Å². The smallest absolute Gasteiger partial charge is 0.149 e. The number of nitrogens with zero attached hydrogens (tertiary/aromatic N) is 2. The maximum absolute atomic E-state index is 6.02. The summed E-state index contributed by atoms with van der Waals surface area (Å²) in [7, 11) is 3.20. The van der Waals surface area contributed by atoms with Crippen LogP contribution in [-0.4, -0.2) is 24.2 Å². The summed E-state index contributed by atoms with van der Waals surface area (Å²) in [5, 5.41) is 3.74. The molecule has 112 valence electrons. The molecule has 0 aliphatic heterocycles. The molecule has 2 aromatic carbocycles. The summed E-state index contributed by atoms with van der Waals surface area (Å²) in [4.78, 5) is 8.90. The van der Waals surface area contributed by atoms with Gasteiger partial charge in [0.05, 0.1) is 36.5 Å². The van der Waals surface area contributed by atoms with Crippen molar-refractivity contribution in [2.75, 3.05) is 19.5 Å². The van der Waals surface area contributed by atoms with E-state index in [0.717, 1.165) is 22.5 Å². The summed E-state index contributed by atoms with van der Waals surface area (Å²) in [6.07, 6.45) is 1.68. The number of rotatable bonds is 4.